The van der Waals surface area contributed by atoms with Gasteiger partial charge in [0.05, 0.1) is 32.0 Å². The number of ether oxygens (including phenoxy) is 2. The van der Waals surface area contributed by atoms with Crippen molar-refractivity contribution in [3.63, 3.8) is 0 Å². The quantitative estimate of drug-likeness (QED) is 0.148. The van der Waals surface area contributed by atoms with Gasteiger partial charge in [-0.1, -0.05) is 0 Å². The summed E-state index contributed by atoms with van der Waals surface area (Å²) >= 11 is 0. The molecule has 3 aliphatic heterocycles. The van der Waals surface area contributed by atoms with Gasteiger partial charge in [0.2, 0.25) is 5.95 Å². The molecule has 0 aromatic carbocycles. The van der Waals surface area contributed by atoms with Crippen LogP contribution in [0.25, 0.3) is 22.3 Å². The van der Waals surface area contributed by atoms with E-state index in [-0.39, 0.29) is 42.4 Å². The third-order valence-corrected chi connectivity index (χ3v) is 10.2. The monoisotopic (exact) mass is 633 g/mol. The molecule has 7 unspecified atom stereocenters. The van der Waals surface area contributed by atoms with Crippen LogP contribution in [0.5, 0.6) is 0 Å². The summed E-state index contributed by atoms with van der Waals surface area (Å²) in [7, 11) is -3.96. The van der Waals surface area contributed by atoms with E-state index in [9.17, 15) is 19.6 Å². The van der Waals surface area contributed by atoms with Crippen molar-refractivity contribution < 1.29 is 33.3 Å². The zero-order chi connectivity index (χ0) is 30.6. The number of H-pyrrole nitrogens is 1. The fourth-order valence-electron chi connectivity index (χ4n) is 5.88. The Labute approximate surface area is 248 Å². The van der Waals surface area contributed by atoms with E-state index in [1.165, 1.54) is 23.5 Å². The number of anilines is 2. The van der Waals surface area contributed by atoms with Crippen molar-refractivity contribution in [2.45, 2.75) is 62.6 Å². The number of aromatic nitrogens is 8. The van der Waals surface area contributed by atoms with Crippen LogP contribution >= 0.6 is 7.75 Å². The summed E-state index contributed by atoms with van der Waals surface area (Å²) < 4.78 is 43.5. The minimum atomic E-state index is -3.96. The van der Waals surface area contributed by atoms with Gasteiger partial charge in [-0.2, -0.15) is 4.98 Å². The van der Waals surface area contributed by atoms with Gasteiger partial charge in [0.25, 0.3) is 5.56 Å². The SMILES string of the molecule is Nc1nc2c(ncn2C2CC(OP(=O)(OCC3OC(n4cnc5c(N)ncnc54)CC3O)N3CCCC3)C(CO)O2)c(=O)[nH]1. The summed E-state index contributed by atoms with van der Waals surface area (Å²) in [5, 5.41) is 21.0. The maximum absolute atomic E-state index is 14.4. The number of fused-ring (bicyclic) bond motifs is 2. The molecule has 19 nitrogen and oxygen atoms in total. The number of hydrogen-bond acceptors (Lipinski definition) is 15. The Hall–Kier alpha value is -3.55. The number of aliphatic hydroxyl groups excluding tert-OH is 2. The van der Waals surface area contributed by atoms with E-state index in [0.29, 0.717) is 24.3 Å². The van der Waals surface area contributed by atoms with Gasteiger partial charge in [-0.3, -0.25) is 28.0 Å². The Morgan fingerprint density at radius 1 is 1.00 bits per heavy atom. The zero-order valence-electron chi connectivity index (χ0n) is 23.4. The lowest BCUT2D eigenvalue weighted by atomic mass is 10.2. The van der Waals surface area contributed by atoms with Crippen molar-refractivity contribution in [2.75, 3.05) is 37.8 Å². The van der Waals surface area contributed by atoms with Crippen molar-refractivity contribution in [1.82, 2.24) is 43.7 Å². The molecule has 0 aliphatic carbocycles. The van der Waals surface area contributed by atoms with Crippen LogP contribution in [0.3, 0.4) is 0 Å². The molecule has 0 radical (unpaired) electrons. The van der Waals surface area contributed by atoms with E-state index in [2.05, 4.69) is 29.9 Å². The number of aromatic amines is 1. The van der Waals surface area contributed by atoms with Crippen molar-refractivity contribution in [2.24, 2.45) is 0 Å². The molecule has 236 valence electrons. The number of hydrogen-bond donors (Lipinski definition) is 5. The van der Waals surface area contributed by atoms with E-state index >= 15 is 0 Å². The van der Waals surface area contributed by atoms with Crippen LogP contribution in [0.4, 0.5) is 11.8 Å². The molecule has 7 atom stereocenters. The van der Waals surface area contributed by atoms with Crippen molar-refractivity contribution in [1.29, 1.82) is 0 Å². The van der Waals surface area contributed by atoms with E-state index < -0.39 is 56.8 Å². The van der Waals surface area contributed by atoms with E-state index in [4.69, 9.17) is 30.0 Å². The molecule has 0 amide bonds. The molecule has 44 heavy (non-hydrogen) atoms. The Balaban J connectivity index is 1.08. The smallest absolute Gasteiger partial charge is 0.394 e. The molecule has 3 saturated heterocycles. The van der Waals surface area contributed by atoms with Gasteiger partial charge in [0.15, 0.2) is 22.6 Å². The van der Waals surface area contributed by atoms with Gasteiger partial charge in [-0.25, -0.2) is 29.2 Å². The fraction of sp³-hybridized carbons (Fsp3) is 0.583. The Morgan fingerprint density at radius 3 is 2.48 bits per heavy atom. The van der Waals surface area contributed by atoms with Gasteiger partial charge in [-0.15, -0.1) is 0 Å². The molecular weight excluding hydrogens is 601 g/mol. The summed E-state index contributed by atoms with van der Waals surface area (Å²) in [4.78, 5) is 35.4. The molecule has 7 heterocycles. The van der Waals surface area contributed by atoms with Crippen molar-refractivity contribution in [3.05, 3.63) is 29.3 Å². The molecule has 4 aromatic heterocycles. The zero-order valence-corrected chi connectivity index (χ0v) is 24.3. The van der Waals surface area contributed by atoms with Crippen LogP contribution in [-0.4, -0.2) is 105 Å². The van der Waals surface area contributed by atoms with E-state index in [0.717, 1.165) is 12.8 Å². The average molecular weight is 634 g/mol. The van der Waals surface area contributed by atoms with Gasteiger partial charge < -0.3 is 31.2 Å². The lowest BCUT2D eigenvalue weighted by molar-refractivity contribution is -0.0534. The molecule has 4 aromatic rings. The summed E-state index contributed by atoms with van der Waals surface area (Å²) in [5.74, 6) is 0.142. The highest BCUT2D eigenvalue weighted by Gasteiger charge is 2.47. The normalized spacial score (nSPS) is 29.2. The predicted octanol–water partition coefficient (Wildman–Crippen LogP) is -0.342. The predicted molar refractivity (Wildman–Crippen MR) is 152 cm³/mol. The highest BCUT2D eigenvalue weighted by molar-refractivity contribution is 7.51. The highest BCUT2D eigenvalue weighted by atomic mass is 31.2. The van der Waals surface area contributed by atoms with Gasteiger partial charge >= 0.3 is 7.75 Å². The first-order valence-electron chi connectivity index (χ1n) is 14.2. The number of imidazole rings is 2. The minimum absolute atomic E-state index is 0.0758. The topological polar surface area (TPSA) is 257 Å². The standard InChI is InChI=1S/C24H32N11O8P/c25-20-18-21(28-9-27-20)34(10-29-18)16-5-12(37)15(42-16)8-40-44(39,33-3-1-2-4-33)43-13-6-17(41-14(13)7-36)35-11-30-19-22(35)31-24(26)32-23(19)38/h9-17,36-37H,1-8H2,(H2,25,27,28)(H3,26,31,32,38). The second-order valence-corrected chi connectivity index (χ2v) is 12.9. The van der Waals surface area contributed by atoms with Crippen LogP contribution < -0.4 is 17.0 Å². The number of nitrogens with two attached hydrogens (primary N) is 2. The minimum Gasteiger partial charge on any atom is -0.394 e. The number of aliphatic hydroxyl groups is 2. The number of rotatable bonds is 9. The summed E-state index contributed by atoms with van der Waals surface area (Å²) in [6, 6.07) is 0. The molecule has 3 fully saturated rings. The third kappa shape index (κ3) is 5.14. The van der Waals surface area contributed by atoms with E-state index in [1.54, 1.807) is 9.24 Å². The van der Waals surface area contributed by atoms with Crippen LogP contribution in [0.15, 0.2) is 23.8 Å². The lowest BCUT2D eigenvalue weighted by Crippen LogP contribution is -2.32. The summed E-state index contributed by atoms with van der Waals surface area (Å²) in [6.45, 7) is 0.307. The largest absolute Gasteiger partial charge is 0.408 e. The first-order valence-corrected chi connectivity index (χ1v) is 15.7. The number of nitrogens with zero attached hydrogens (tertiary/aromatic N) is 8. The van der Waals surface area contributed by atoms with Gasteiger partial charge in [0.1, 0.15) is 42.6 Å². The first-order chi connectivity index (χ1) is 21.2. The van der Waals surface area contributed by atoms with Gasteiger partial charge in [0, 0.05) is 25.9 Å². The maximum atomic E-state index is 14.4. The van der Waals surface area contributed by atoms with Crippen molar-refractivity contribution in [3.8, 4) is 0 Å². The molecule has 0 bridgehead atoms. The summed E-state index contributed by atoms with van der Waals surface area (Å²) in [6.07, 6.45) is 1.35. The number of nitrogens with one attached hydrogen (secondary N) is 1. The van der Waals surface area contributed by atoms with Crippen molar-refractivity contribution >= 4 is 41.8 Å². The fourth-order valence-corrected chi connectivity index (χ4v) is 7.91. The molecule has 0 saturated carbocycles. The summed E-state index contributed by atoms with van der Waals surface area (Å²) in [5.41, 5.74) is 12.3. The molecular formula is C24H32N11O8P. The third-order valence-electron chi connectivity index (χ3n) is 8.12. The number of nitrogen functional groups attached to an aromatic ring is 2. The average Bonchev–Trinajstić information content (AvgIpc) is 3.82. The second kappa shape index (κ2) is 11.4. The van der Waals surface area contributed by atoms with Crippen LogP contribution in [-0.2, 0) is 23.1 Å². The van der Waals surface area contributed by atoms with Crippen LogP contribution in [0, 0.1) is 0 Å². The molecule has 3 aliphatic rings. The highest BCUT2D eigenvalue weighted by Crippen LogP contribution is 2.57. The Bertz CT molecular complexity index is 1770. The van der Waals surface area contributed by atoms with Gasteiger partial charge in [-0.05, 0) is 12.8 Å². The first kappa shape index (κ1) is 29.2. The second-order valence-electron chi connectivity index (χ2n) is 10.9. The molecule has 7 N–H and O–H groups in total. The van der Waals surface area contributed by atoms with Crippen LogP contribution in [0.1, 0.15) is 38.1 Å². The molecule has 0 spiro atoms. The lowest BCUT2D eigenvalue weighted by Gasteiger charge is -2.30. The maximum Gasteiger partial charge on any atom is 0.408 e. The Morgan fingerprint density at radius 2 is 1.70 bits per heavy atom. The Kier molecular flexibility index (Phi) is 7.58. The molecule has 20 heteroatoms. The molecule has 7 rings (SSSR count). The van der Waals surface area contributed by atoms with Crippen LogP contribution in [0.2, 0.25) is 0 Å². The van der Waals surface area contributed by atoms with E-state index in [1.807, 2.05) is 0 Å².